The Morgan fingerprint density at radius 2 is 1.06 bits per heavy atom. The van der Waals surface area contributed by atoms with E-state index in [1.165, 1.54) is 55.2 Å². The normalized spacial score (nSPS) is 11.6. The van der Waals surface area contributed by atoms with E-state index in [4.69, 9.17) is 0 Å². The average Bonchev–Trinajstić information content (AvgIpc) is 3.28. The van der Waals surface area contributed by atoms with Crippen LogP contribution in [0.15, 0.2) is 120 Å². The highest BCUT2D eigenvalue weighted by Gasteiger charge is 2.09. The summed E-state index contributed by atoms with van der Waals surface area (Å²) in [5.74, 6) is 0. The van der Waals surface area contributed by atoms with Gasteiger partial charge in [0.05, 0.1) is 0 Å². The van der Waals surface area contributed by atoms with Gasteiger partial charge in [0, 0.05) is 22.9 Å². The predicted molar refractivity (Wildman–Crippen MR) is 154 cm³/mol. The number of hydrogen-bond acceptors (Lipinski definition) is 0. The van der Waals surface area contributed by atoms with Gasteiger partial charge in [-0.05, 0) is 86.3 Å². The molecule has 0 saturated heterocycles. The number of fused-ring (bicyclic) bond motifs is 2. The third kappa shape index (κ3) is 4.34. The topological polar surface area (TPSA) is 4.93 Å². The average molecular weight is 514 g/mol. The van der Waals surface area contributed by atoms with E-state index < -0.39 is 0 Å². The standard InChI is InChI=1S/C33H24BrN/c1-35-32(25-5-3-2-4-6-25)17-18-33(35)30-14-13-26-19-23(9-11-28(26)21-30)7-8-24-10-12-29-22-31(34)16-15-27(29)20-24/h2-22H,1H3. The SMILES string of the molecule is Cn1c(-c2ccccc2)ccc1-c1ccc2cc(C=Cc3ccc4cc(Br)ccc4c3)ccc2c1. The summed E-state index contributed by atoms with van der Waals surface area (Å²) in [6.07, 6.45) is 4.38. The van der Waals surface area contributed by atoms with Gasteiger partial charge in [-0.25, -0.2) is 0 Å². The third-order valence-corrected chi connectivity index (χ3v) is 7.14. The molecule has 0 unspecified atom stereocenters. The van der Waals surface area contributed by atoms with Crippen LogP contribution in [0.1, 0.15) is 11.1 Å². The van der Waals surface area contributed by atoms with Crippen molar-refractivity contribution in [2.45, 2.75) is 0 Å². The van der Waals surface area contributed by atoms with Crippen molar-refractivity contribution in [3.05, 3.63) is 131 Å². The summed E-state index contributed by atoms with van der Waals surface area (Å²) < 4.78 is 3.38. The van der Waals surface area contributed by atoms with Gasteiger partial charge in [-0.2, -0.15) is 0 Å². The van der Waals surface area contributed by atoms with Crippen molar-refractivity contribution in [1.82, 2.24) is 4.57 Å². The van der Waals surface area contributed by atoms with Crippen LogP contribution in [0.25, 0.3) is 56.2 Å². The summed E-state index contributed by atoms with van der Waals surface area (Å²) in [6, 6.07) is 41.3. The molecule has 6 aromatic rings. The van der Waals surface area contributed by atoms with E-state index in [1.54, 1.807) is 0 Å². The summed E-state index contributed by atoms with van der Waals surface area (Å²) in [5, 5.41) is 4.99. The number of nitrogens with zero attached hydrogens (tertiary/aromatic N) is 1. The Balaban J connectivity index is 1.28. The summed E-state index contributed by atoms with van der Waals surface area (Å²) in [5.41, 5.74) is 7.31. The maximum absolute atomic E-state index is 3.55. The molecule has 2 heteroatoms. The molecule has 0 radical (unpaired) electrons. The van der Waals surface area contributed by atoms with Gasteiger partial charge in [0.15, 0.2) is 0 Å². The van der Waals surface area contributed by atoms with Crippen molar-refractivity contribution in [1.29, 1.82) is 0 Å². The van der Waals surface area contributed by atoms with Crippen molar-refractivity contribution in [2.75, 3.05) is 0 Å². The molecule has 0 fully saturated rings. The molecule has 0 spiro atoms. The van der Waals surface area contributed by atoms with Crippen LogP contribution in [0.4, 0.5) is 0 Å². The van der Waals surface area contributed by atoms with Gasteiger partial charge in [-0.15, -0.1) is 0 Å². The Labute approximate surface area is 214 Å². The fourth-order valence-corrected chi connectivity index (χ4v) is 5.14. The van der Waals surface area contributed by atoms with Gasteiger partial charge in [-0.3, -0.25) is 0 Å². The number of halogens is 1. The summed E-state index contributed by atoms with van der Waals surface area (Å²) in [6.45, 7) is 0. The molecular formula is C33H24BrN. The highest BCUT2D eigenvalue weighted by atomic mass is 79.9. The Morgan fingerprint density at radius 1 is 0.514 bits per heavy atom. The molecule has 0 amide bonds. The molecule has 0 bridgehead atoms. The minimum absolute atomic E-state index is 1.11. The van der Waals surface area contributed by atoms with Crippen LogP contribution in [-0.2, 0) is 7.05 Å². The highest BCUT2D eigenvalue weighted by molar-refractivity contribution is 9.10. The van der Waals surface area contributed by atoms with Crippen molar-refractivity contribution < 1.29 is 0 Å². The molecule has 5 aromatic carbocycles. The smallest absolute Gasteiger partial charge is 0.0482 e. The monoisotopic (exact) mass is 513 g/mol. The number of rotatable bonds is 4. The molecule has 0 atom stereocenters. The Hall–Kier alpha value is -3.88. The first kappa shape index (κ1) is 21.6. The first-order chi connectivity index (χ1) is 17.1. The van der Waals surface area contributed by atoms with E-state index in [9.17, 15) is 0 Å². The second kappa shape index (κ2) is 9.05. The van der Waals surface area contributed by atoms with Crippen LogP contribution in [0.2, 0.25) is 0 Å². The second-order valence-electron chi connectivity index (χ2n) is 8.93. The minimum atomic E-state index is 1.11. The first-order valence-electron chi connectivity index (χ1n) is 11.8. The fraction of sp³-hybridized carbons (Fsp3) is 0.0303. The Bertz CT molecular complexity index is 1710. The fourth-order valence-electron chi connectivity index (χ4n) is 4.76. The Morgan fingerprint density at radius 3 is 1.74 bits per heavy atom. The largest absolute Gasteiger partial charge is 0.344 e. The number of benzene rings is 5. The zero-order chi connectivity index (χ0) is 23.8. The summed E-state index contributed by atoms with van der Waals surface area (Å²) >= 11 is 3.55. The predicted octanol–water partition coefficient (Wildman–Crippen LogP) is 9.60. The molecule has 1 heterocycles. The van der Waals surface area contributed by atoms with Gasteiger partial charge >= 0.3 is 0 Å². The van der Waals surface area contributed by atoms with E-state index >= 15 is 0 Å². The lowest BCUT2D eigenvalue weighted by Gasteiger charge is -2.09. The lowest BCUT2D eigenvalue weighted by atomic mass is 10.0. The molecule has 0 aliphatic carbocycles. The van der Waals surface area contributed by atoms with Gasteiger partial charge in [-0.1, -0.05) is 101 Å². The van der Waals surface area contributed by atoms with Gasteiger partial charge in [0.2, 0.25) is 0 Å². The molecular weight excluding hydrogens is 490 g/mol. The van der Waals surface area contributed by atoms with E-state index in [-0.39, 0.29) is 0 Å². The maximum Gasteiger partial charge on any atom is 0.0482 e. The van der Waals surface area contributed by atoms with Crippen LogP contribution in [0.5, 0.6) is 0 Å². The van der Waals surface area contributed by atoms with Gasteiger partial charge in [0.1, 0.15) is 0 Å². The molecule has 0 aliphatic heterocycles. The second-order valence-corrected chi connectivity index (χ2v) is 9.85. The van der Waals surface area contributed by atoms with Crippen LogP contribution < -0.4 is 0 Å². The van der Waals surface area contributed by atoms with E-state index in [0.29, 0.717) is 0 Å². The Kier molecular flexibility index (Phi) is 5.60. The van der Waals surface area contributed by atoms with Crippen molar-refractivity contribution in [3.63, 3.8) is 0 Å². The first-order valence-corrected chi connectivity index (χ1v) is 12.6. The van der Waals surface area contributed by atoms with Gasteiger partial charge < -0.3 is 4.57 Å². The van der Waals surface area contributed by atoms with Crippen molar-refractivity contribution in [3.8, 4) is 22.5 Å². The van der Waals surface area contributed by atoms with E-state index in [0.717, 1.165) is 4.47 Å². The molecule has 168 valence electrons. The molecule has 0 aliphatic rings. The molecule has 1 aromatic heterocycles. The lowest BCUT2D eigenvalue weighted by molar-refractivity contribution is 0.946. The van der Waals surface area contributed by atoms with Crippen molar-refractivity contribution >= 4 is 49.6 Å². The zero-order valence-corrected chi connectivity index (χ0v) is 21.0. The van der Waals surface area contributed by atoms with E-state index in [2.05, 4.69) is 155 Å². The molecule has 0 N–H and O–H groups in total. The number of hydrogen-bond donors (Lipinski definition) is 0. The van der Waals surface area contributed by atoms with E-state index in [1.807, 2.05) is 0 Å². The van der Waals surface area contributed by atoms with Gasteiger partial charge in [0.25, 0.3) is 0 Å². The molecule has 1 nitrogen and oxygen atoms in total. The zero-order valence-electron chi connectivity index (χ0n) is 19.4. The number of aromatic nitrogens is 1. The van der Waals surface area contributed by atoms with Crippen LogP contribution in [0.3, 0.4) is 0 Å². The van der Waals surface area contributed by atoms with Crippen molar-refractivity contribution in [2.24, 2.45) is 7.05 Å². The van der Waals surface area contributed by atoms with Crippen LogP contribution in [0, 0.1) is 0 Å². The quantitative estimate of drug-likeness (QED) is 0.207. The van der Waals surface area contributed by atoms with Crippen LogP contribution >= 0.6 is 15.9 Å². The maximum atomic E-state index is 3.55. The highest BCUT2D eigenvalue weighted by Crippen LogP contribution is 2.30. The third-order valence-electron chi connectivity index (χ3n) is 6.65. The lowest BCUT2D eigenvalue weighted by Crippen LogP contribution is -1.94. The molecule has 35 heavy (non-hydrogen) atoms. The molecule has 6 rings (SSSR count). The summed E-state index contributed by atoms with van der Waals surface area (Å²) in [4.78, 5) is 0. The summed E-state index contributed by atoms with van der Waals surface area (Å²) in [7, 11) is 2.14. The molecule has 0 saturated carbocycles. The van der Waals surface area contributed by atoms with Crippen LogP contribution in [-0.4, -0.2) is 4.57 Å². The minimum Gasteiger partial charge on any atom is -0.344 e.